The van der Waals surface area contributed by atoms with Crippen molar-refractivity contribution in [3.05, 3.63) is 47.8 Å². The van der Waals surface area contributed by atoms with E-state index in [1.54, 1.807) is 10.9 Å². The van der Waals surface area contributed by atoms with Gasteiger partial charge < -0.3 is 11.1 Å². The summed E-state index contributed by atoms with van der Waals surface area (Å²) in [7, 11) is 0. The maximum atomic E-state index is 11.2. The van der Waals surface area contributed by atoms with Gasteiger partial charge in [-0.15, -0.1) is 0 Å². The summed E-state index contributed by atoms with van der Waals surface area (Å²) in [5, 5.41) is 7.67. The van der Waals surface area contributed by atoms with Gasteiger partial charge in [-0.1, -0.05) is 25.1 Å². The van der Waals surface area contributed by atoms with Crippen LogP contribution in [0.3, 0.4) is 0 Å². The van der Waals surface area contributed by atoms with Crippen molar-refractivity contribution in [3.63, 3.8) is 0 Å². The quantitative estimate of drug-likeness (QED) is 0.845. The largest absolute Gasteiger partial charge is 0.366 e. The van der Waals surface area contributed by atoms with Gasteiger partial charge in [0.1, 0.15) is 0 Å². The number of aromatic nitrogens is 2. The minimum atomic E-state index is -0.467. The molecule has 20 heavy (non-hydrogen) atoms. The number of carbonyl (C=O) groups is 1. The van der Waals surface area contributed by atoms with Crippen LogP contribution >= 0.6 is 0 Å². The molecule has 1 aromatic heterocycles. The van der Waals surface area contributed by atoms with Gasteiger partial charge in [-0.2, -0.15) is 5.10 Å². The first-order valence-electron chi connectivity index (χ1n) is 6.80. The van der Waals surface area contributed by atoms with Crippen molar-refractivity contribution in [2.75, 3.05) is 6.54 Å². The molecule has 0 aliphatic rings. The van der Waals surface area contributed by atoms with Crippen molar-refractivity contribution in [3.8, 4) is 5.69 Å². The summed E-state index contributed by atoms with van der Waals surface area (Å²) in [5.74, 6) is -0.467. The fourth-order valence-corrected chi connectivity index (χ4v) is 2.11. The van der Waals surface area contributed by atoms with Crippen LogP contribution < -0.4 is 11.1 Å². The van der Waals surface area contributed by atoms with E-state index in [1.165, 1.54) is 6.20 Å². The minimum Gasteiger partial charge on any atom is -0.366 e. The van der Waals surface area contributed by atoms with Crippen LogP contribution in [0.2, 0.25) is 0 Å². The number of hydrogen-bond acceptors (Lipinski definition) is 3. The number of benzene rings is 1. The molecule has 0 spiro atoms. The Bertz CT molecular complexity index is 591. The van der Waals surface area contributed by atoms with E-state index in [-0.39, 0.29) is 6.04 Å². The average molecular weight is 272 g/mol. The van der Waals surface area contributed by atoms with Gasteiger partial charge in [-0.05, 0) is 31.5 Å². The zero-order valence-electron chi connectivity index (χ0n) is 11.8. The van der Waals surface area contributed by atoms with Crippen molar-refractivity contribution in [2.45, 2.75) is 26.3 Å². The van der Waals surface area contributed by atoms with Gasteiger partial charge in [0, 0.05) is 12.2 Å². The van der Waals surface area contributed by atoms with E-state index in [0.717, 1.165) is 24.2 Å². The van der Waals surface area contributed by atoms with Crippen LogP contribution in [0.4, 0.5) is 0 Å². The van der Waals surface area contributed by atoms with Gasteiger partial charge in [0.15, 0.2) is 0 Å². The molecular formula is C15H20N4O. The molecule has 3 N–H and O–H groups in total. The third-order valence-corrected chi connectivity index (χ3v) is 3.22. The van der Waals surface area contributed by atoms with Crippen molar-refractivity contribution < 1.29 is 4.79 Å². The summed E-state index contributed by atoms with van der Waals surface area (Å²) >= 11 is 0. The van der Waals surface area contributed by atoms with Crippen LogP contribution in [0.25, 0.3) is 5.69 Å². The molecule has 0 saturated heterocycles. The number of nitrogens with zero attached hydrogens (tertiary/aromatic N) is 2. The first kappa shape index (κ1) is 14.3. The van der Waals surface area contributed by atoms with E-state index >= 15 is 0 Å². The highest BCUT2D eigenvalue weighted by Crippen LogP contribution is 2.21. The third-order valence-electron chi connectivity index (χ3n) is 3.22. The van der Waals surface area contributed by atoms with E-state index in [0.29, 0.717) is 5.56 Å². The smallest absolute Gasteiger partial charge is 0.251 e. The Morgan fingerprint density at radius 2 is 2.20 bits per heavy atom. The van der Waals surface area contributed by atoms with E-state index in [4.69, 9.17) is 5.73 Å². The molecule has 2 aromatic rings. The zero-order chi connectivity index (χ0) is 14.5. The van der Waals surface area contributed by atoms with E-state index in [9.17, 15) is 4.79 Å². The molecule has 0 aliphatic heterocycles. The number of carbonyl (C=O) groups excluding carboxylic acids is 1. The van der Waals surface area contributed by atoms with Crippen LogP contribution in [-0.4, -0.2) is 22.2 Å². The normalized spacial score (nSPS) is 12.3. The summed E-state index contributed by atoms with van der Waals surface area (Å²) in [4.78, 5) is 11.2. The molecule has 5 nitrogen and oxygen atoms in total. The van der Waals surface area contributed by atoms with Gasteiger partial charge >= 0.3 is 0 Å². The van der Waals surface area contributed by atoms with E-state index in [1.807, 2.05) is 18.2 Å². The predicted octanol–water partition coefficient (Wildman–Crippen LogP) is 2.03. The Kier molecular flexibility index (Phi) is 4.53. The van der Waals surface area contributed by atoms with E-state index in [2.05, 4.69) is 30.3 Å². The number of nitrogens with two attached hydrogens (primary N) is 1. The minimum absolute atomic E-state index is 0.215. The number of amides is 1. The third kappa shape index (κ3) is 3.05. The van der Waals surface area contributed by atoms with Crippen molar-refractivity contribution in [1.29, 1.82) is 0 Å². The maximum absolute atomic E-state index is 11.2. The van der Waals surface area contributed by atoms with E-state index < -0.39 is 5.91 Å². The maximum Gasteiger partial charge on any atom is 0.251 e. The molecule has 0 radical (unpaired) electrons. The lowest BCUT2D eigenvalue weighted by Crippen LogP contribution is -2.20. The van der Waals surface area contributed by atoms with Crippen molar-refractivity contribution in [2.24, 2.45) is 5.73 Å². The Balaban J connectivity index is 2.33. The van der Waals surface area contributed by atoms with Gasteiger partial charge in [-0.3, -0.25) is 4.79 Å². The fourth-order valence-electron chi connectivity index (χ4n) is 2.11. The second-order valence-electron chi connectivity index (χ2n) is 4.77. The molecule has 0 aliphatic carbocycles. The molecule has 106 valence electrons. The Labute approximate surface area is 118 Å². The average Bonchev–Trinajstić information content (AvgIpc) is 2.94. The number of hydrogen-bond donors (Lipinski definition) is 2. The van der Waals surface area contributed by atoms with Gasteiger partial charge in [0.05, 0.1) is 17.4 Å². The monoisotopic (exact) mass is 272 g/mol. The summed E-state index contributed by atoms with van der Waals surface area (Å²) in [6.45, 7) is 5.21. The molecule has 2 rings (SSSR count). The summed E-state index contributed by atoms with van der Waals surface area (Å²) in [6, 6.07) is 8.22. The summed E-state index contributed by atoms with van der Waals surface area (Å²) < 4.78 is 1.69. The second-order valence-corrected chi connectivity index (χ2v) is 4.77. The first-order valence-corrected chi connectivity index (χ1v) is 6.80. The number of nitrogens with one attached hydrogen (secondary N) is 1. The molecule has 0 saturated carbocycles. The molecule has 1 atom stereocenters. The van der Waals surface area contributed by atoms with Crippen LogP contribution in [0.1, 0.15) is 42.2 Å². The highest BCUT2D eigenvalue weighted by atomic mass is 16.1. The van der Waals surface area contributed by atoms with Crippen molar-refractivity contribution >= 4 is 5.91 Å². The molecule has 1 heterocycles. The number of primary amides is 1. The predicted molar refractivity (Wildman–Crippen MR) is 78.8 cm³/mol. The summed E-state index contributed by atoms with van der Waals surface area (Å²) in [5.41, 5.74) is 7.77. The lowest BCUT2D eigenvalue weighted by Gasteiger charge is -2.17. The molecule has 0 fully saturated rings. The number of rotatable bonds is 6. The number of para-hydroxylation sites is 1. The SMILES string of the molecule is CCCNC(C)c1ccccc1-n1cc(C(N)=O)cn1. The molecule has 1 unspecified atom stereocenters. The molecule has 1 amide bonds. The van der Waals surface area contributed by atoms with Gasteiger partial charge in [0.25, 0.3) is 5.91 Å². The van der Waals surface area contributed by atoms with Crippen LogP contribution in [0, 0.1) is 0 Å². The Hall–Kier alpha value is -2.14. The van der Waals surface area contributed by atoms with Crippen LogP contribution in [0.5, 0.6) is 0 Å². The lowest BCUT2D eigenvalue weighted by molar-refractivity contribution is 0.100. The fraction of sp³-hybridized carbons (Fsp3) is 0.333. The first-order chi connectivity index (χ1) is 9.63. The molecule has 5 heteroatoms. The Morgan fingerprint density at radius 1 is 1.45 bits per heavy atom. The Morgan fingerprint density at radius 3 is 2.85 bits per heavy atom. The highest BCUT2D eigenvalue weighted by Gasteiger charge is 2.12. The lowest BCUT2D eigenvalue weighted by atomic mass is 10.1. The topological polar surface area (TPSA) is 72.9 Å². The second kappa shape index (κ2) is 6.34. The molecular weight excluding hydrogens is 252 g/mol. The summed E-state index contributed by atoms with van der Waals surface area (Å²) in [6.07, 6.45) is 4.23. The zero-order valence-corrected chi connectivity index (χ0v) is 11.8. The van der Waals surface area contributed by atoms with Crippen LogP contribution in [0.15, 0.2) is 36.7 Å². The van der Waals surface area contributed by atoms with Gasteiger partial charge in [0.2, 0.25) is 0 Å². The highest BCUT2D eigenvalue weighted by molar-refractivity contribution is 5.92. The molecule has 0 bridgehead atoms. The van der Waals surface area contributed by atoms with Gasteiger partial charge in [-0.25, -0.2) is 4.68 Å². The molecule has 1 aromatic carbocycles. The standard InChI is InChI=1S/C15H20N4O/c1-3-8-17-11(2)13-6-4-5-7-14(13)19-10-12(9-18-19)15(16)20/h4-7,9-11,17H,3,8H2,1-2H3,(H2,16,20). The van der Waals surface area contributed by atoms with Crippen LogP contribution in [-0.2, 0) is 0 Å². The van der Waals surface area contributed by atoms with Crippen molar-refractivity contribution in [1.82, 2.24) is 15.1 Å².